The molecule has 0 radical (unpaired) electrons. The van der Waals surface area contributed by atoms with Gasteiger partial charge < -0.3 is 15.4 Å². The van der Waals surface area contributed by atoms with Crippen molar-refractivity contribution in [2.24, 2.45) is 0 Å². The van der Waals surface area contributed by atoms with Crippen LogP contribution in [-0.4, -0.2) is 24.4 Å². The van der Waals surface area contributed by atoms with Gasteiger partial charge in [-0.15, -0.1) is 0 Å². The third-order valence-corrected chi connectivity index (χ3v) is 3.11. The zero-order valence-corrected chi connectivity index (χ0v) is 11.0. The second-order valence-corrected chi connectivity index (χ2v) is 4.82. The highest BCUT2D eigenvalue weighted by Gasteiger charge is 2.15. The van der Waals surface area contributed by atoms with Crippen molar-refractivity contribution in [1.29, 1.82) is 0 Å². The Labute approximate surface area is 111 Å². The van der Waals surface area contributed by atoms with Gasteiger partial charge in [-0.25, -0.2) is 0 Å². The molecule has 92 valence electrons. The standard InChI is InChI=1S/C12H15ClN2OS/c13-9-3-5-10(6-4-9)15-12(17)14-8-11-2-1-7-16-11/h3-6,11H,1-2,7-8H2,(H2,14,15,17)/t11-/m1/s1. The first-order chi connectivity index (χ1) is 8.24. The van der Waals surface area contributed by atoms with Crippen molar-refractivity contribution in [3.05, 3.63) is 29.3 Å². The second kappa shape index (κ2) is 6.19. The quantitative estimate of drug-likeness (QED) is 0.828. The molecule has 1 heterocycles. The first-order valence-electron chi connectivity index (χ1n) is 5.66. The molecule has 0 bridgehead atoms. The Morgan fingerprint density at radius 3 is 2.82 bits per heavy atom. The topological polar surface area (TPSA) is 33.3 Å². The summed E-state index contributed by atoms with van der Waals surface area (Å²) < 4.78 is 5.50. The van der Waals surface area contributed by atoms with Gasteiger partial charge in [0.15, 0.2) is 5.11 Å². The molecule has 5 heteroatoms. The third-order valence-electron chi connectivity index (χ3n) is 2.62. The van der Waals surface area contributed by atoms with E-state index in [-0.39, 0.29) is 0 Å². The van der Waals surface area contributed by atoms with Crippen LogP contribution >= 0.6 is 23.8 Å². The lowest BCUT2D eigenvalue weighted by Crippen LogP contribution is -2.34. The number of hydrogen-bond donors (Lipinski definition) is 2. The van der Waals surface area contributed by atoms with Crippen molar-refractivity contribution in [2.45, 2.75) is 18.9 Å². The molecule has 0 spiro atoms. The van der Waals surface area contributed by atoms with Crippen LogP contribution in [0.25, 0.3) is 0 Å². The van der Waals surface area contributed by atoms with Gasteiger partial charge in [0.05, 0.1) is 6.10 Å². The monoisotopic (exact) mass is 270 g/mol. The van der Waals surface area contributed by atoms with Gasteiger partial charge in [0, 0.05) is 23.9 Å². The van der Waals surface area contributed by atoms with Crippen LogP contribution in [0.3, 0.4) is 0 Å². The van der Waals surface area contributed by atoms with E-state index < -0.39 is 0 Å². The lowest BCUT2D eigenvalue weighted by Gasteiger charge is -2.13. The summed E-state index contributed by atoms with van der Waals surface area (Å²) in [5, 5.41) is 7.58. The van der Waals surface area contributed by atoms with E-state index in [1.807, 2.05) is 24.3 Å². The second-order valence-electron chi connectivity index (χ2n) is 3.98. The van der Waals surface area contributed by atoms with Crippen LogP contribution in [-0.2, 0) is 4.74 Å². The van der Waals surface area contributed by atoms with Crippen LogP contribution in [0.2, 0.25) is 5.02 Å². The van der Waals surface area contributed by atoms with E-state index in [4.69, 9.17) is 28.6 Å². The van der Waals surface area contributed by atoms with Gasteiger partial charge >= 0.3 is 0 Å². The van der Waals surface area contributed by atoms with Gasteiger partial charge in [0.25, 0.3) is 0 Å². The molecule has 1 aromatic carbocycles. The predicted molar refractivity (Wildman–Crippen MR) is 74.6 cm³/mol. The maximum atomic E-state index is 5.80. The molecule has 2 N–H and O–H groups in total. The Morgan fingerprint density at radius 1 is 1.41 bits per heavy atom. The summed E-state index contributed by atoms with van der Waals surface area (Å²) in [5.41, 5.74) is 0.930. The Bertz CT molecular complexity index is 377. The fraction of sp³-hybridized carbons (Fsp3) is 0.417. The van der Waals surface area contributed by atoms with Crippen LogP contribution in [0, 0.1) is 0 Å². The van der Waals surface area contributed by atoms with Crippen LogP contribution in [0.15, 0.2) is 24.3 Å². The molecule has 1 atom stereocenters. The van der Waals surface area contributed by atoms with Crippen molar-refractivity contribution in [1.82, 2.24) is 5.32 Å². The first-order valence-corrected chi connectivity index (χ1v) is 6.45. The molecule has 1 saturated heterocycles. The van der Waals surface area contributed by atoms with E-state index in [2.05, 4.69) is 10.6 Å². The minimum Gasteiger partial charge on any atom is -0.376 e. The number of rotatable bonds is 3. The maximum absolute atomic E-state index is 5.80. The van der Waals surface area contributed by atoms with Crippen molar-refractivity contribution in [3.8, 4) is 0 Å². The third kappa shape index (κ3) is 4.15. The fourth-order valence-corrected chi connectivity index (χ4v) is 2.05. The number of benzene rings is 1. The molecular weight excluding hydrogens is 256 g/mol. The zero-order valence-electron chi connectivity index (χ0n) is 9.41. The average Bonchev–Trinajstić information content (AvgIpc) is 2.83. The summed E-state index contributed by atoms with van der Waals surface area (Å²) in [5.74, 6) is 0. The lowest BCUT2D eigenvalue weighted by molar-refractivity contribution is 0.114. The number of halogens is 1. The van der Waals surface area contributed by atoms with E-state index >= 15 is 0 Å². The minimum absolute atomic E-state index is 0.292. The SMILES string of the molecule is S=C(NC[C@H]1CCCO1)Nc1ccc(Cl)cc1. The van der Waals surface area contributed by atoms with Gasteiger partial charge in [-0.1, -0.05) is 11.6 Å². The highest BCUT2D eigenvalue weighted by Crippen LogP contribution is 2.13. The van der Waals surface area contributed by atoms with E-state index in [0.717, 1.165) is 31.7 Å². The first kappa shape index (κ1) is 12.6. The summed E-state index contributed by atoms with van der Waals surface area (Å²) in [6, 6.07) is 7.43. The fourth-order valence-electron chi connectivity index (χ4n) is 1.72. The van der Waals surface area contributed by atoms with Crippen LogP contribution in [0.1, 0.15) is 12.8 Å². The molecule has 1 aliphatic rings. The van der Waals surface area contributed by atoms with Gasteiger partial charge in [0.1, 0.15) is 0 Å². The molecule has 0 unspecified atom stereocenters. The molecule has 0 amide bonds. The van der Waals surface area contributed by atoms with Gasteiger partial charge in [-0.05, 0) is 49.3 Å². The Hall–Kier alpha value is -0.840. The minimum atomic E-state index is 0.292. The Kier molecular flexibility index (Phi) is 4.59. The number of thiocarbonyl (C=S) groups is 1. The average molecular weight is 271 g/mol. The molecule has 1 aliphatic heterocycles. The summed E-state index contributed by atoms with van der Waals surface area (Å²) in [4.78, 5) is 0. The van der Waals surface area contributed by atoms with Gasteiger partial charge in [-0.3, -0.25) is 0 Å². The van der Waals surface area contributed by atoms with E-state index in [9.17, 15) is 0 Å². The molecule has 1 aromatic rings. The van der Waals surface area contributed by atoms with Crippen molar-refractivity contribution in [3.63, 3.8) is 0 Å². The summed E-state index contributed by atoms with van der Waals surface area (Å²) >= 11 is 11.0. The van der Waals surface area contributed by atoms with E-state index in [1.165, 1.54) is 0 Å². The van der Waals surface area contributed by atoms with Crippen LogP contribution in [0.4, 0.5) is 5.69 Å². The molecule has 0 saturated carbocycles. The number of anilines is 1. The molecule has 3 nitrogen and oxygen atoms in total. The molecule has 1 fully saturated rings. The van der Waals surface area contributed by atoms with Crippen molar-refractivity contribution < 1.29 is 4.74 Å². The predicted octanol–water partition coefficient (Wildman–Crippen LogP) is 2.81. The molecule has 0 aliphatic carbocycles. The molecular formula is C12H15ClN2OS. The smallest absolute Gasteiger partial charge is 0.170 e. The number of nitrogens with one attached hydrogen (secondary N) is 2. The number of ether oxygens (including phenoxy) is 1. The molecule has 17 heavy (non-hydrogen) atoms. The molecule has 2 rings (SSSR count). The van der Waals surface area contributed by atoms with Crippen LogP contribution < -0.4 is 10.6 Å². The summed E-state index contributed by atoms with van der Waals surface area (Å²) in [7, 11) is 0. The van der Waals surface area contributed by atoms with Crippen molar-refractivity contribution >= 4 is 34.6 Å². The summed E-state index contributed by atoms with van der Waals surface area (Å²) in [6.07, 6.45) is 2.54. The van der Waals surface area contributed by atoms with Crippen LogP contribution in [0.5, 0.6) is 0 Å². The zero-order chi connectivity index (χ0) is 12.1. The highest BCUT2D eigenvalue weighted by molar-refractivity contribution is 7.80. The molecule has 0 aromatic heterocycles. The summed E-state index contributed by atoms with van der Waals surface area (Å²) in [6.45, 7) is 1.63. The Balaban J connectivity index is 1.74. The largest absolute Gasteiger partial charge is 0.376 e. The van der Waals surface area contributed by atoms with Crippen molar-refractivity contribution in [2.75, 3.05) is 18.5 Å². The van der Waals surface area contributed by atoms with E-state index in [1.54, 1.807) is 0 Å². The maximum Gasteiger partial charge on any atom is 0.170 e. The lowest BCUT2D eigenvalue weighted by atomic mass is 10.2. The normalized spacial score (nSPS) is 19.0. The van der Waals surface area contributed by atoms with E-state index in [0.29, 0.717) is 16.2 Å². The van der Waals surface area contributed by atoms with Gasteiger partial charge in [0.2, 0.25) is 0 Å². The van der Waals surface area contributed by atoms with Gasteiger partial charge in [-0.2, -0.15) is 0 Å². The number of hydrogen-bond acceptors (Lipinski definition) is 2. The highest BCUT2D eigenvalue weighted by atomic mass is 35.5. The Morgan fingerprint density at radius 2 is 2.18 bits per heavy atom.